The van der Waals surface area contributed by atoms with Gasteiger partial charge in [0.2, 0.25) is 0 Å². The molecule has 0 aliphatic carbocycles. The molecule has 2 atom stereocenters. The van der Waals surface area contributed by atoms with Gasteiger partial charge in [-0.15, -0.1) is 11.6 Å². The normalized spacial score (nSPS) is 16.8. The van der Waals surface area contributed by atoms with Crippen LogP contribution < -0.4 is 5.32 Å². The summed E-state index contributed by atoms with van der Waals surface area (Å²) in [5.74, 6) is 0. The molecule has 0 saturated heterocycles. The van der Waals surface area contributed by atoms with Crippen molar-refractivity contribution in [1.82, 2.24) is 5.32 Å². The van der Waals surface area contributed by atoms with Gasteiger partial charge in [0.05, 0.1) is 13.2 Å². The molecule has 10 heavy (non-hydrogen) atoms. The van der Waals surface area contributed by atoms with Crippen molar-refractivity contribution < 1.29 is 10.2 Å². The maximum atomic E-state index is 8.69. The fourth-order valence-electron chi connectivity index (χ4n) is 0.622. The summed E-state index contributed by atoms with van der Waals surface area (Å²) in [6.07, 6.45) is 0. The summed E-state index contributed by atoms with van der Waals surface area (Å²) in [7, 11) is 0. The van der Waals surface area contributed by atoms with Gasteiger partial charge in [0.1, 0.15) is 0 Å². The van der Waals surface area contributed by atoms with E-state index in [4.69, 9.17) is 21.8 Å². The third-order valence-electron chi connectivity index (χ3n) is 1.27. The van der Waals surface area contributed by atoms with Gasteiger partial charge in [0.15, 0.2) is 0 Å². The van der Waals surface area contributed by atoms with Gasteiger partial charge >= 0.3 is 0 Å². The highest BCUT2D eigenvalue weighted by molar-refractivity contribution is 6.20. The number of aliphatic hydroxyl groups excluding tert-OH is 2. The lowest BCUT2D eigenvalue weighted by Gasteiger charge is -2.17. The van der Waals surface area contributed by atoms with Crippen LogP contribution in [0.5, 0.6) is 0 Å². The summed E-state index contributed by atoms with van der Waals surface area (Å²) in [4.78, 5) is 0. The van der Waals surface area contributed by atoms with Crippen LogP contribution in [-0.4, -0.2) is 41.4 Å². The van der Waals surface area contributed by atoms with E-state index >= 15 is 0 Å². The predicted octanol–water partition coefficient (Wildman–Crippen LogP) is -0.443. The fraction of sp³-hybridized carbons (Fsp3) is 1.00. The molecule has 0 radical (unpaired) electrons. The van der Waals surface area contributed by atoms with E-state index in [0.29, 0.717) is 6.54 Å². The Morgan fingerprint density at radius 2 is 2.10 bits per heavy atom. The van der Waals surface area contributed by atoms with E-state index < -0.39 is 0 Å². The Morgan fingerprint density at radius 1 is 1.50 bits per heavy atom. The first kappa shape index (κ1) is 10.2. The van der Waals surface area contributed by atoms with Crippen LogP contribution in [0.4, 0.5) is 0 Å². The molecule has 0 heterocycles. The Balaban J connectivity index is 3.40. The van der Waals surface area contributed by atoms with Crippen LogP contribution in [0.3, 0.4) is 0 Å². The van der Waals surface area contributed by atoms with Crippen LogP contribution >= 0.6 is 11.6 Å². The minimum absolute atomic E-state index is 0.00463. The van der Waals surface area contributed by atoms with E-state index in [2.05, 4.69) is 5.32 Å². The van der Waals surface area contributed by atoms with Gasteiger partial charge in [-0.2, -0.15) is 0 Å². The molecule has 3 N–H and O–H groups in total. The summed E-state index contributed by atoms with van der Waals surface area (Å²) < 4.78 is 0. The zero-order chi connectivity index (χ0) is 7.98. The summed E-state index contributed by atoms with van der Waals surface area (Å²) in [6.45, 7) is 2.35. The summed E-state index contributed by atoms with van der Waals surface area (Å²) >= 11 is 5.68. The molecule has 0 bridgehead atoms. The molecular weight excluding hydrogens is 154 g/mol. The van der Waals surface area contributed by atoms with Crippen molar-refractivity contribution in [3.63, 3.8) is 0 Å². The van der Waals surface area contributed by atoms with E-state index in [-0.39, 0.29) is 24.6 Å². The number of aliphatic hydroxyl groups is 2. The first-order valence-electron chi connectivity index (χ1n) is 3.31. The van der Waals surface area contributed by atoms with Gasteiger partial charge in [-0.05, 0) is 6.92 Å². The number of halogens is 1. The molecule has 0 spiro atoms. The van der Waals surface area contributed by atoms with Gasteiger partial charge in [-0.1, -0.05) is 0 Å². The van der Waals surface area contributed by atoms with Crippen LogP contribution in [0.1, 0.15) is 6.92 Å². The minimum Gasteiger partial charge on any atom is -0.395 e. The van der Waals surface area contributed by atoms with Crippen LogP contribution in [0, 0.1) is 0 Å². The number of hydrogen-bond acceptors (Lipinski definition) is 3. The maximum Gasteiger partial charge on any atom is 0.0599 e. The minimum atomic E-state index is -0.117. The molecule has 0 aromatic rings. The number of hydrogen-bond donors (Lipinski definition) is 3. The van der Waals surface area contributed by atoms with Gasteiger partial charge in [-0.3, -0.25) is 0 Å². The van der Waals surface area contributed by atoms with E-state index in [1.54, 1.807) is 6.92 Å². The Hall–Kier alpha value is 0.170. The Labute approximate surface area is 66.0 Å². The zero-order valence-corrected chi connectivity index (χ0v) is 6.80. The molecule has 0 rings (SSSR count). The van der Waals surface area contributed by atoms with Crippen molar-refractivity contribution in [2.24, 2.45) is 0 Å². The first-order chi connectivity index (χ1) is 4.72. The molecular formula is C6H14ClNO2. The second-order valence-corrected chi connectivity index (χ2v) is 2.83. The first-order valence-corrected chi connectivity index (χ1v) is 3.75. The molecule has 4 heteroatoms. The lowest BCUT2D eigenvalue weighted by molar-refractivity contribution is 0.224. The van der Waals surface area contributed by atoms with Gasteiger partial charge in [-0.25, -0.2) is 0 Å². The Kier molecular flexibility index (Phi) is 6.02. The third-order valence-corrected chi connectivity index (χ3v) is 1.57. The van der Waals surface area contributed by atoms with Crippen LogP contribution in [0.2, 0.25) is 0 Å². The van der Waals surface area contributed by atoms with Gasteiger partial charge in [0.25, 0.3) is 0 Å². The molecule has 2 unspecified atom stereocenters. The largest absolute Gasteiger partial charge is 0.395 e. The van der Waals surface area contributed by atoms with Gasteiger partial charge < -0.3 is 15.5 Å². The average molecular weight is 168 g/mol. The Morgan fingerprint density at radius 3 is 2.40 bits per heavy atom. The number of nitrogens with one attached hydrogen (secondary N) is 1. The predicted molar refractivity (Wildman–Crippen MR) is 41.3 cm³/mol. The molecule has 0 amide bonds. The summed E-state index contributed by atoms with van der Waals surface area (Å²) in [6, 6.07) is -0.117. The molecule has 0 fully saturated rings. The lowest BCUT2D eigenvalue weighted by Crippen LogP contribution is -2.40. The van der Waals surface area contributed by atoms with E-state index in [1.807, 2.05) is 0 Å². The molecule has 0 aliphatic heterocycles. The van der Waals surface area contributed by atoms with E-state index in [1.165, 1.54) is 0 Å². The van der Waals surface area contributed by atoms with Crippen LogP contribution in [0.25, 0.3) is 0 Å². The van der Waals surface area contributed by atoms with Crippen molar-refractivity contribution in [3.05, 3.63) is 0 Å². The second-order valence-electron chi connectivity index (χ2n) is 2.14. The SMILES string of the molecule is CC(Cl)C(CO)NCCO. The molecule has 3 nitrogen and oxygen atoms in total. The lowest BCUT2D eigenvalue weighted by atomic mass is 10.2. The van der Waals surface area contributed by atoms with Crippen molar-refractivity contribution in [2.45, 2.75) is 18.3 Å². The highest BCUT2D eigenvalue weighted by Gasteiger charge is 2.11. The third kappa shape index (κ3) is 4.06. The second kappa shape index (κ2) is 5.92. The molecule has 0 aromatic heterocycles. The highest BCUT2D eigenvalue weighted by Crippen LogP contribution is 1.99. The quantitative estimate of drug-likeness (QED) is 0.487. The molecule has 0 saturated carbocycles. The van der Waals surface area contributed by atoms with Crippen molar-refractivity contribution >= 4 is 11.6 Å². The standard InChI is InChI=1S/C6H14ClNO2/c1-5(7)6(4-10)8-2-3-9/h5-6,8-10H,2-4H2,1H3. The Bertz CT molecular complexity index is 80.1. The average Bonchev–Trinajstić information content (AvgIpc) is 1.89. The monoisotopic (exact) mass is 167 g/mol. The number of rotatable bonds is 5. The summed E-state index contributed by atoms with van der Waals surface area (Å²) in [5.41, 5.74) is 0. The van der Waals surface area contributed by atoms with Gasteiger partial charge in [0, 0.05) is 18.0 Å². The smallest absolute Gasteiger partial charge is 0.0599 e. The molecule has 0 aliphatic rings. The van der Waals surface area contributed by atoms with Crippen molar-refractivity contribution in [3.8, 4) is 0 Å². The highest BCUT2D eigenvalue weighted by atomic mass is 35.5. The molecule has 62 valence electrons. The zero-order valence-electron chi connectivity index (χ0n) is 6.05. The summed E-state index contributed by atoms with van der Waals surface area (Å²) in [5, 5.41) is 19.9. The van der Waals surface area contributed by atoms with E-state index in [9.17, 15) is 0 Å². The van der Waals surface area contributed by atoms with E-state index in [0.717, 1.165) is 0 Å². The fourth-order valence-corrected chi connectivity index (χ4v) is 0.791. The topological polar surface area (TPSA) is 52.5 Å². The van der Waals surface area contributed by atoms with Crippen molar-refractivity contribution in [2.75, 3.05) is 19.8 Å². The van der Waals surface area contributed by atoms with Crippen LogP contribution in [-0.2, 0) is 0 Å². The molecule has 0 aromatic carbocycles. The maximum absolute atomic E-state index is 8.69. The number of alkyl halides is 1. The van der Waals surface area contributed by atoms with Crippen molar-refractivity contribution in [1.29, 1.82) is 0 Å². The van der Waals surface area contributed by atoms with Crippen LogP contribution in [0.15, 0.2) is 0 Å².